The van der Waals surface area contributed by atoms with Gasteiger partial charge in [-0.2, -0.15) is 15.4 Å². The Kier molecular flexibility index (Phi) is 3.82. The van der Waals surface area contributed by atoms with Crippen LogP contribution < -0.4 is 5.01 Å². The fraction of sp³-hybridized carbons (Fsp3) is 0.100. The van der Waals surface area contributed by atoms with E-state index in [1.165, 1.54) is 5.01 Å². The molecular weight excluding hydrogens is 326 g/mol. The number of allylic oxidation sites excluding steroid dienone is 1. The molecule has 1 aliphatic heterocycles. The van der Waals surface area contributed by atoms with Gasteiger partial charge in [0.25, 0.3) is 5.91 Å². The van der Waals surface area contributed by atoms with E-state index >= 15 is 0 Å². The van der Waals surface area contributed by atoms with Gasteiger partial charge in [-0.1, -0.05) is 30.3 Å². The Balaban J connectivity index is 1.69. The number of carbonyl (C=O) groups is 1. The Morgan fingerprint density at radius 1 is 1.19 bits per heavy atom. The number of hydrogen-bond donors (Lipinski definition) is 1. The zero-order valence-corrected chi connectivity index (χ0v) is 14.0. The van der Waals surface area contributed by atoms with Crippen LogP contribution in [-0.2, 0) is 4.79 Å². The normalized spacial score (nSPS) is 17.5. The van der Waals surface area contributed by atoms with Crippen LogP contribution in [0.3, 0.4) is 0 Å². The third-order valence-corrected chi connectivity index (χ3v) is 4.28. The Labute approximate surface area is 150 Å². The molecule has 6 heteroatoms. The number of hydrazone groups is 1. The number of nitrogens with zero attached hydrogens (tertiary/aromatic N) is 4. The molecule has 0 saturated heterocycles. The number of nitrogens with one attached hydrogen (secondary N) is 1. The van der Waals surface area contributed by atoms with E-state index in [0.29, 0.717) is 22.8 Å². The van der Waals surface area contributed by atoms with E-state index in [0.717, 1.165) is 11.0 Å². The summed E-state index contributed by atoms with van der Waals surface area (Å²) >= 11 is 0. The average molecular weight is 341 g/mol. The Hall–Kier alpha value is -3.72. The van der Waals surface area contributed by atoms with Gasteiger partial charge in [-0.05, 0) is 37.3 Å². The number of aromatic amines is 1. The molecule has 4 rings (SSSR count). The summed E-state index contributed by atoms with van der Waals surface area (Å²) in [6.07, 6.45) is 1.63. The lowest BCUT2D eigenvalue weighted by atomic mass is 10.0. The number of H-pyrrole nitrogens is 1. The summed E-state index contributed by atoms with van der Waals surface area (Å²) in [6, 6.07) is 18.9. The summed E-state index contributed by atoms with van der Waals surface area (Å²) in [5, 5.41) is 15.3. The molecule has 26 heavy (non-hydrogen) atoms. The smallest absolute Gasteiger partial charge is 0.260 e. The minimum absolute atomic E-state index is 0.183. The fourth-order valence-electron chi connectivity index (χ4n) is 2.94. The number of para-hydroxylation sites is 3. The second kappa shape index (κ2) is 6.30. The highest BCUT2D eigenvalue weighted by Gasteiger charge is 2.33. The number of fused-ring (bicyclic) bond motifs is 1. The molecule has 0 fully saturated rings. The number of aromatic nitrogens is 2. The minimum atomic E-state index is -0.585. The van der Waals surface area contributed by atoms with Crippen LogP contribution in [0.4, 0.5) is 5.69 Å². The van der Waals surface area contributed by atoms with Crippen LogP contribution in [0.15, 0.2) is 65.8 Å². The number of amides is 1. The molecule has 6 nitrogen and oxygen atoms in total. The number of anilines is 1. The maximum absolute atomic E-state index is 12.8. The van der Waals surface area contributed by atoms with Crippen molar-refractivity contribution in [1.29, 1.82) is 5.26 Å². The van der Waals surface area contributed by atoms with Gasteiger partial charge < -0.3 is 4.98 Å². The number of benzene rings is 2. The number of hydrogen-bond acceptors (Lipinski definition) is 4. The van der Waals surface area contributed by atoms with Gasteiger partial charge in [-0.15, -0.1) is 0 Å². The molecule has 1 aliphatic rings. The van der Waals surface area contributed by atoms with E-state index in [2.05, 4.69) is 21.1 Å². The second-order valence-electron chi connectivity index (χ2n) is 6.00. The summed E-state index contributed by atoms with van der Waals surface area (Å²) < 4.78 is 0. The first kappa shape index (κ1) is 15.8. The van der Waals surface area contributed by atoms with Gasteiger partial charge in [0, 0.05) is 0 Å². The van der Waals surface area contributed by atoms with E-state index in [1.54, 1.807) is 13.0 Å². The first-order valence-electron chi connectivity index (χ1n) is 8.18. The number of nitriles is 1. The van der Waals surface area contributed by atoms with Crippen LogP contribution >= 0.6 is 0 Å². The summed E-state index contributed by atoms with van der Waals surface area (Å²) in [5.74, 6) is -0.317. The third-order valence-electron chi connectivity index (χ3n) is 4.28. The number of imidazole rings is 1. The van der Waals surface area contributed by atoms with Crippen LogP contribution in [-0.4, -0.2) is 21.6 Å². The fourth-order valence-corrected chi connectivity index (χ4v) is 2.94. The standard InChI is InChI=1S/C20H15N5O/c1-13-16(20(26)25(24-13)15-7-3-2-4-8-15)11-14(12-21)19-22-17-9-5-6-10-18(17)23-19/h2-11,16H,1H3,(H,22,23)/b14-11+/t16-/m1/s1. The van der Waals surface area contributed by atoms with Crippen LogP contribution in [0.25, 0.3) is 16.6 Å². The lowest BCUT2D eigenvalue weighted by molar-refractivity contribution is -0.118. The van der Waals surface area contributed by atoms with Gasteiger partial charge in [0.1, 0.15) is 11.9 Å². The van der Waals surface area contributed by atoms with Crippen molar-refractivity contribution >= 4 is 33.9 Å². The topological polar surface area (TPSA) is 85.1 Å². The Bertz CT molecular complexity index is 1060. The van der Waals surface area contributed by atoms with Gasteiger partial charge in [0.05, 0.1) is 33.9 Å². The van der Waals surface area contributed by atoms with Crippen molar-refractivity contribution in [1.82, 2.24) is 9.97 Å². The highest BCUT2D eigenvalue weighted by atomic mass is 16.2. The molecule has 1 aromatic heterocycles. The zero-order chi connectivity index (χ0) is 18.1. The first-order chi connectivity index (χ1) is 12.7. The molecule has 2 heterocycles. The van der Waals surface area contributed by atoms with Gasteiger partial charge in [0.2, 0.25) is 0 Å². The largest absolute Gasteiger partial charge is 0.337 e. The molecule has 0 unspecified atom stereocenters. The zero-order valence-electron chi connectivity index (χ0n) is 14.0. The number of carbonyl (C=O) groups excluding carboxylic acids is 1. The van der Waals surface area contributed by atoms with E-state index in [1.807, 2.05) is 54.6 Å². The van der Waals surface area contributed by atoms with E-state index < -0.39 is 5.92 Å². The second-order valence-corrected chi connectivity index (χ2v) is 6.00. The molecule has 1 atom stereocenters. The molecule has 0 aliphatic carbocycles. The van der Waals surface area contributed by atoms with Gasteiger partial charge >= 0.3 is 0 Å². The molecule has 1 N–H and O–H groups in total. The maximum atomic E-state index is 12.8. The van der Waals surface area contributed by atoms with Crippen molar-refractivity contribution in [2.45, 2.75) is 6.92 Å². The molecular formula is C20H15N5O. The van der Waals surface area contributed by atoms with Crippen molar-refractivity contribution in [3.05, 3.63) is 66.5 Å². The van der Waals surface area contributed by atoms with Crippen LogP contribution in [0.1, 0.15) is 12.7 Å². The lowest BCUT2D eigenvalue weighted by Gasteiger charge is -2.12. The predicted molar refractivity (Wildman–Crippen MR) is 100 cm³/mol. The molecule has 0 spiro atoms. The van der Waals surface area contributed by atoms with Crippen molar-refractivity contribution in [2.75, 3.05) is 5.01 Å². The minimum Gasteiger partial charge on any atom is -0.337 e. The molecule has 3 aromatic rings. The number of rotatable bonds is 3. The summed E-state index contributed by atoms with van der Waals surface area (Å²) in [5.41, 5.74) is 3.29. The highest BCUT2D eigenvalue weighted by Crippen LogP contribution is 2.26. The van der Waals surface area contributed by atoms with Crippen LogP contribution in [0.2, 0.25) is 0 Å². The predicted octanol–water partition coefficient (Wildman–Crippen LogP) is 3.51. The van der Waals surface area contributed by atoms with Crippen molar-refractivity contribution < 1.29 is 4.79 Å². The molecule has 0 bridgehead atoms. The van der Waals surface area contributed by atoms with Gasteiger partial charge in [0.15, 0.2) is 0 Å². The monoisotopic (exact) mass is 341 g/mol. The van der Waals surface area contributed by atoms with Crippen LogP contribution in [0, 0.1) is 17.2 Å². The summed E-state index contributed by atoms with van der Waals surface area (Å²) in [7, 11) is 0. The molecule has 126 valence electrons. The van der Waals surface area contributed by atoms with Crippen molar-refractivity contribution in [2.24, 2.45) is 11.0 Å². The van der Waals surface area contributed by atoms with E-state index in [4.69, 9.17) is 0 Å². The maximum Gasteiger partial charge on any atom is 0.260 e. The van der Waals surface area contributed by atoms with Crippen molar-refractivity contribution in [3.63, 3.8) is 0 Å². The third kappa shape index (κ3) is 2.66. The summed E-state index contributed by atoms with van der Waals surface area (Å²) in [6.45, 7) is 1.79. The molecule has 0 saturated carbocycles. The van der Waals surface area contributed by atoms with Crippen LogP contribution in [0.5, 0.6) is 0 Å². The Morgan fingerprint density at radius 2 is 1.92 bits per heavy atom. The SMILES string of the molecule is CC1=NN(c2ccccc2)C(=O)[C@@H]1/C=C(\C#N)c1nc2ccccc2[nH]1. The first-order valence-corrected chi connectivity index (χ1v) is 8.18. The van der Waals surface area contributed by atoms with E-state index in [-0.39, 0.29) is 5.91 Å². The van der Waals surface area contributed by atoms with Gasteiger partial charge in [-0.3, -0.25) is 4.79 Å². The molecule has 1 amide bonds. The lowest BCUT2D eigenvalue weighted by Crippen LogP contribution is -2.26. The average Bonchev–Trinajstić information content (AvgIpc) is 3.22. The Morgan fingerprint density at radius 3 is 2.65 bits per heavy atom. The van der Waals surface area contributed by atoms with Gasteiger partial charge in [-0.25, -0.2) is 4.98 Å². The highest BCUT2D eigenvalue weighted by molar-refractivity contribution is 6.16. The van der Waals surface area contributed by atoms with Crippen molar-refractivity contribution in [3.8, 4) is 6.07 Å². The summed E-state index contributed by atoms with van der Waals surface area (Å²) in [4.78, 5) is 20.4. The molecule has 2 aromatic carbocycles. The quantitative estimate of drug-likeness (QED) is 0.740. The van der Waals surface area contributed by atoms with E-state index in [9.17, 15) is 10.1 Å². The molecule has 0 radical (unpaired) electrons.